The van der Waals surface area contributed by atoms with Gasteiger partial charge < -0.3 is 9.84 Å². The predicted molar refractivity (Wildman–Crippen MR) is 152 cm³/mol. The zero-order chi connectivity index (χ0) is 26.6. The number of rotatable bonds is 10. The molecule has 0 radical (unpaired) electrons. The molecule has 4 aromatic rings. The van der Waals surface area contributed by atoms with E-state index in [4.69, 9.17) is 16.3 Å². The summed E-state index contributed by atoms with van der Waals surface area (Å²) in [5.74, 6) is -0.452. The van der Waals surface area contributed by atoms with Crippen molar-refractivity contribution in [3.63, 3.8) is 0 Å². The summed E-state index contributed by atoms with van der Waals surface area (Å²) in [6.07, 6.45) is 1.64. The number of benzene rings is 2. The SMILES string of the molecule is C=CCOc1ccc(C2C(C(=O)c3cccs3)=C(O)C(=O)N2c2nnc(SCc3ccc(Cl)cc3)s2)cc1. The van der Waals surface area contributed by atoms with Crippen LogP contribution in [0.5, 0.6) is 5.75 Å². The number of carbonyl (C=O) groups excluding carboxylic acids is 2. The van der Waals surface area contributed by atoms with E-state index in [0.29, 0.717) is 37.9 Å². The maximum atomic E-state index is 13.5. The van der Waals surface area contributed by atoms with Crippen molar-refractivity contribution in [3.8, 4) is 5.75 Å². The lowest BCUT2D eigenvalue weighted by Crippen LogP contribution is -2.31. The second-order valence-electron chi connectivity index (χ2n) is 8.08. The zero-order valence-corrected chi connectivity index (χ0v) is 22.9. The standard InChI is InChI=1S/C27H20ClN3O4S3/c1-2-13-35-19-11-7-17(8-12-19)22-21(23(32)20-4-3-14-36-20)24(33)25(34)31(22)26-29-30-27(38-26)37-15-16-5-9-18(28)10-6-16/h2-12,14,22,33H,1,13,15H2. The van der Waals surface area contributed by atoms with E-state index in [1.807, 2.05) is 24.3 Å². The molecule has 0 bridgehead atoms. The van der Waals surface area contributed by atoms with Crippen molar-refractivity contribution < 1.29 is 19.4 Å². The second-order valence-corrected chi connectivity index (χ2v) is 11.6. The van der Waals surface area contributed by atoms with Crippen molar-refractivity contribution in [1.82, 2.24) is 10.2 Å². The van der Waals surface area contributed by atoms with Gasteiger partial charge in [-0.3, -0.25) is 14.5 Å². The molecular formula is C27H20ClN3O4S3. The summed E-state index contributed by atoms with van der Waals surface area (Å²) in [4.78, 5) is 28.6. The number of ether oxygens (including phenoxy) is 1. The summed E-state index contributed by atoms with van der Waals surface area (Å²) in [7, 11) is 0. The van der Waals surface area contributed by atoms with E-state index in [2.05, 4.69) is 16.8 Å². The number of anilines is 1. The van der Waals surface area contributed by atoms with E-state index in [0.717, 1.165) is 5.56 Å². The summed E-state index contributed by atoms with van der Waals surface area (Å²) in [6.45, 7) is 3.99. The third-order valence-corrected chi connectivity index (χ3v) is 8.89. The lowest BCUT2D eigenvalue weighted by atomic mass is 9.95. The van der Waals surface area contributed by atoms with Crippen LogP contribution in [-0.2, 0) is 10.5 Å². The predicted octanol–water partition coefficient (Wildman–Crippen LogP) is 6.89. The Morgan fingerprint density at radius 3 is 2.61 bits per heavy atom. The Labute approximate surface area is 236 Å². The van der Waals surface area contributed by atoms with Crippen LogP contribution in [0.3, 0.4) is 0 Å². The number of thiophene rings is 1. The summed E-state index contributed by atoms with van der Waals surface area (Å²) in [6, 6.07) is 17.1. The largest absolute Gasteiger partial charge is 0.503 e. The fraction of sp³-hybridized carbons (Fsp3) is 0.111. The van der Waals surface area contributed by atoms with Gasteiger partial charge in [-0.1, -0.05) is 77.7 Å². The monoisotopic (exact) mass is 581 g/mol. The Morgan fingerprint density at radius 2 is 1.92 bits per heavy atom. The highest BCUT2D eigenvalue weighted by Crippen LogP contribution is 2.44. The van der Waals surface area contributed by atoms with Crippen LogP contribution in [0.25, 0.3) is 0 Å². The van der Waals surface area contributed by atoms with E-state index in [1.54, 1.807) is 47.9 Å². The van der Waals surface area contributed by atoms with Crippen LogP contribution in [0.1, 0.15) is 26.8 Å². The highest BCUT2D eigenvalue weighted by Gasteiger charge is 2.46. The van der Waals surface area contributed by atoms with Crippen molar-refractivity contribution in [2.24, 2.45) is 0 Å². The average Bonchev–Trinajstić information content (AvgIpc) is 3.68. The van der Waals surface area contributed by atoms with E-state index in [1.165, 1.54) is 39.3 Å². The normalized spacial score (nSPS) is 15.2. The van der Waals surface area contributed by atoms with Crippen molar-refractivity contribution in [2.45, 2.75) is 16.1 Å². The fourth-order valence-electron chi connectivity index (χ4n) is 3.88. The maximum absolute atomic E-state index is 13.5. The summed E-state index contributed by atoms with van der Waals surface area (Å²) >= 11 is 9.90. The molecule has 1 atom stereocenters. The van der Waals surface area contributed by atoms with Crippen LogP contribution in [-0.4, -0.2) is 33.6 Å². The van der Waals surface area contributed by atoms with Gasteiger partial charge in [-0.15, -0.1) is 21.5 Å². The minimum absolute atomic E-state index is 0.00257. The summed E-state index contributed by atoms with van der Waals surface area (Å²) < 4.78 is 6.22. The van der Waals surface area contributed by atoms with Crippen LogP contribution in [0.2, 0.25) is 5.02 Å². The van der Waals surface area contributed by atoms with E-state index in [9.17, 15) is 14.7 Å². The van der Waals surface area contributed by atoms with Crippen LogP contribution in [0.15, 0.2) is 94.4 Å². The fourth-order valence-corrected chi connectivity index (χ4v) is 6.50. The lowest BCUT2D eigenvalue weighted by molar-refractivity contribution is -0.117. The van der Waals surface area contributed by atoms with Gasteiger partial charge in [0.15, 0.2) is 10.1 Å². The molecule has 7 nitrogen and oxygen atoms in total. The minimum atomic E-state index is -0.882. The quantitative estimate of drug-likeness (QED) is 0.0943. The van der Waals surface area contributed by atoms with Crippen molar-refractivity contribution in [1.29, 1.82) is 0 Å². The van der Waals surface area contributed by atoms with Crippen LogP contribution in [0, 0.1) is 0 Å². The zero-order valence-electron chi connectivity index (χ0n) is 19.7. The first-order valence-corrected chi connectivity index (χ1v) is 14.4. The van der Waals surface area contributed by atoms with Gasteiger partial charge in [0.05, 0.1) is 16.5 Å². The molecule has 0 saturated carbocycles. The number of hydrogen-bond acceptors (Lipinski definition) is 9. The number of hydrogen-bond donors (Lipinski definition) is 1. The smallest absolute Gasteiger partial charge is 0.296 e. The number of halogens is 1. The summed E-state index contributed by atoms with van der Waals surface area (Å²) in [5, 5.41) is 22.1. The summed E-state index contributed by atoms with van der Waals surface area (Å²) in [5.41, 5.74) is 1.69. The molecular weight excluding hydrogens is 562 g/mol. The second kappa shape index (κ2) is 11.5. The van der Waals surface area contributed by atoms with Gasteiger partial charge in [0.1, 0.15) is 12.4 Å². The number of aliphatic hydroxyl groups excluding tert-OH is 1. The van der Waals surface area contributed by atoms with Gasteiger partial charge in [-0.05, 0) is 46.8 Å². The molecule has 11 heteroatoms. The van der Waals surface area contributed by atoms with Gasteiger partial charge in [-0.25, -0.2) is 0 Å². The molecule has 1 N–H and O–H groups in total. The third kappa shape index (κ3) is 5.39. The topological polar surface area (TPSA) is 92.6 Å². The van der Waals surface area contributed by atoms with E-state index < -0.39 is 23.5 Å². The first kappa shape index (κ1) is 26.2. The molecule has 1 amide bonds. The van der Waals surface area contributed by atoms with E-state index >= 15 is 0 Å². The molecule has 1 unspecified atom stereocenters. The minimum Gasteiger partial charge on any atom is -0.503 e. The number of aromatic nitrogens is 2. The van der Waals surface area contributed by atoms with Gasteiger partial charge >= 0.3 is 0 Å². The van der Waals surface area contributed by atoms with Gasteiger partial charge in [0.2, 0.25) is 10.9 Å². The number of Topliss-reactive ketones (excluding diaryl/α,β-unsaturated/α-hetero) is 1. The molecule has 2 aromatic carbocycles. The molecule has 0 aliphatic carbocycles. The number of carbonyl (C=O) groups is 2. The third-order valence-electron chi connectivity index (χ3n) is 5.64. The number of thioether (sulfide) groups is 1. The van der Waals surface area contributed by atoms with Crippen LogP contribution >= 0.6 is 46.0 Å². The molecule has 3 heterocycles. The first-order valence-electron chi connectivity index (χ1n) is 11.4. The Kier molecular flexibility index (Phi) is 7.94. The highest BCUT2D eigenvalue weighted by atomic mass is 35.5. The van der Waals surface area contributed by atoms with Gasteiger partial charge in [0, 0.05) is 10.8 Å². The van der Waals surface area contributed by atoms with E-state index in [-0.39, 0.29) is 10.7 Å². The lowest BCUT2D eigenvalue weighted by Gasteiger charge is -2.24. The van der Waals surface area contributed by atoms with Crippen molar-refractivity contribution in [3.05, 3.63) is 111 Å². The molecule has 0 saturated heterocycles. The Morgan fingerprint density at radius 1 is 1.16 bits per heavy atom. The van der Waals surface area contributed by atoms with Crippen LogP contribution < -0.4 is 9.64 Å². The number of nitrogens with zero attached hydrogens (tertiary/aromatic N) is 3. The molecule has 1 aliphatic rings. The van der Waals surface area contributed by atoms with Crippen LogP contribution in [0.4, 0.5) is 5.13 Å². The van der Waals surface area contributed by atoms with Gasteiger partial charge in [-0.2, -0.15) is 0 Å². The number of amides is 1. The Balaban J connectivity index is 1.47. The maximum Gasteiger partial charge on any atom is 0.296 e. The molecule has 192 valence electrons. The number of ketones is 1. The molecule has 38 heavy (non-hydrogen) atoms. The van der Waals surface area contributed by atoms with Crippen molar-refractivity contribution >= 4 is 62.9 Å². The molecule has 2 aromatic heterocycles. The Hall–Kier alpha value is -3.44. The molecule has 0 fully saturated rings. The molecule has 0 spiro atoms. The first-order chi connectivity index (χ1) is 18.5. The highest BCUT2D eigenvalue weighted by molar-refractivity contribution is 8.00. The molecule has 5 rings (SSSR count). The Bertz CT molecular complexity index is 1500. The molecule has 1 aliphatic heterocycles. The van der Waals surface area contributed by atoms with Gasteiger partial charge in [0.25, 0.3) is 5.91 Å². The average molecular weight is 582 g/mol. The van der Waals surface area contributed by atoms with Crippen molar-refractivity contribution in [2.75, 3.05) is 11.5 Å². The number of aliphatic hydroxyl groups is 1.